The van der Waals surface area contributed by atoms with Crippen molar-refractivity contribution < 1.29 is 14.6 Å². The van der Waals surface area contributed by atoms with Gasteiger partial charge in [0.2, 0.25) is 0 Å². The van der Waals surface area contributed by atoms with Crippen LogP contribution in [0.25, 0.3) is 0 Å². The summed E-state index contributed by atoms with van der Waals surface area (Å²) in [6.45, 7) is 1.97. The van der Waals surface area contributed by atoms with E-state index in [1.807, 2.05) is 6.26 Å². The number of rotatable bonds is 3. The van der Waals surface area contributed by atoms with Crippen LogP contribution in [0.4, 0.5) is 0 Å². The Morgan fingerprint density at radius 1 is 1.71 bits per heavy atom. The molecule has 0 radical (unpaired) electrons. The molecule has 4 nitrogen and oxygen atoms in total. The molecular weight excluding hydrogens is 202 g/mol. The quantitative estimate of drug-likeness (QED) is 0.611. The van der Waals surface area contributed by atoms with Gasteiger partial charge in [0.05, 0.1) is 11.5 Å². The molecule has 1 rings (SSSR count). The molecule has 0 bridgehead atoms. The number of esters is 1. The molecule has 0 saturated carbocycles. The molecule has 14 heavy (non-hydrogen) atoms. The smallest absolute Gasteiger partial charge is 0.360 e. The van der Waals surface area contributed by atoms with Gasteiger partial charge < -0.3 is 9.84 Å². The fourth-order valence-electron chi connectivity index (χ4n) is 0.950. The number of carbonyl (C=O) groups is 1. The van der Waals surface area contributed by atoms with Crippen molar-refractivity contribution >= 4 is 17.7 Å². The Labute approximate surface area is 86.3 Å². The zero-order chi connectivity index (χ0) is 10.6. The van der Waals surface area contributed by atoms with Gasteiger partial charge in [0, 0.05) is 6.20 Å². The second-order valence-electron chi connectivity index (χ2n) is 2.43. The third-order valence-electron chi connectivity index (χ3n) is 1.58. The lowest BCUT2D eigenvalue weighted by Gasteiger charge is -2.05. The minimum absolute atomic E-state index is 0.0290. The Bertz CT molecular complexity index is 341. The molecule has 5 heteroatoms. The Morgan fingerprint density at radius 3 is 3.00 bits per heavy atom. The maximum atomic E-state index is 11.3. The molecule has 0 saturated heterocycles. The number of aromatic hydroxyl groups is 1. The Morgan fingerprint density at radius 2 is 2.43 bits per heavy atom. The topological polar surface area (TPSA) is 59.4 Å². The molecule has 0 aromatic carbocycles. The van der Waals surface area contributed by atoms with Crippen molar-refractivity contribution in [2.75, 3.05) is 12.9 Å². The van der Waals surface area contributed by atoms with Crippen LogP contribution in [0.15, 0.2) is 17.2 Å². The minimum Gasteiger partial charge on any atom is -0.504 e. The van der Waals surface area contributed by atoms with Crippen LogP contribution in [0, 0.1) is 0 Å². The number of ether oxygens (including phenoxy) is 1. The highest BCUT2D eigenvalue weighted by atomic mass is 32.2. The Kier molecular flexibility index (Phi) is 3.76. The summed E-state index contributed by atoms with van der Waals surface area (Å²) in [4.78, 5) is 15.7. The first-order valence-electron chi connectivity index (χ1n) is 4.09. The predicted octanol–water partition coefficient (Wildman–Crippen LogP) is 1.69. The zero-order valence-electron chi connectivity index (χ0n) is 7.98. The molecule has 1 aromatic heterocycles. The zero-order valence-corrected chi connectivity index (χ0v) is 8.80. The van der Waals surface area contributed by atoms with E-state index < -0.39 is 5.97 Å². The van der Waals surface area contributed by atoms with Gasteiger partial charge in [0.25, 0.3) is 0 Å². The van der Waals surface area contributed by atoms with Gasteiger partial charge in [-0.1, -0.05) is 0 Å². The summed E-state index contributed by atoms with van der Waals surface area (Å²) >= 11 is 1.35. The van der Waals surface area contributed by atoms with E-state index in [1.54, 1.807) is 13.0 Å². The van der Waals surface area contributed by atoms with Crippen LogP contribution < -0.4 is 0 Å². The van der Waals surface area contributed by atoms with Crippen LogP contribution in [0.3, 0.4) is 0 Å². The number of nitrogens with zero attached hydrogens (tertiary/aromatic N) is 1. The van der Waals surface area contributed by atoms with Crippen LogP contribution in [0.5, 0.6) is 5.75 Å². The summed E-state index contributed by atoms with van der Waals surface area (Å²) in [5.41, 5.74) is -0.0290. The molecule has 1 aromatic rings. The average molecular weight is 213 g/mol. The second kappa shape index (κ2) is 4.85. The summed E-state index contributed by atoms with van der Waals surface area (Å²) in [7, 11) is 0. The van der Waals surface area contributed by atoms with E-state index in [0.29, 0.717) is 4.90 Å². The van der Waals surface area contributed by atoms with Crippen molar-refractivity contribution in [2.45, 2.75) is 11.8 Å². The third kappa shape index (κ3) is 2.17. The molecule has 0 spiro atoms. The Hall–Kier alpha value is -1.23. The SMILES string of the molecule is CCOC(=O)c1nccc(SC)c1O. The van der Waals surface area contributed by atoms with Gasteiger partial charge in [0.1, 0.15) is 0 Å². The summed E-state index contributed by atoms with van der Waals surface area (Å²) in [5.74, 6) is -0.709. The van der Waals surface area contributed by atoms with Gasteiger partial charge in [-0.25, -0.2) is 9.78 Å². The molecule has 0 amide bonds. The van der Waals surface area contributed by atoms with Crippen molar-refractivity contribution in [3.63, 3.8) is 0 Å². The summed E-state index contributed by atoms with van der Waals surface area (Å²) in [6.07, 6.45) is 3.28. The van der Waals surface area contributed by atoms with Crippen molar-refractivity contribution in [1.82, 2.24) is 4.98 Å². The van der Waals surface area contributed by atoms with Crippen LogP contribution in [0.1, 0.15) is 17.4 Å². The van der Waals surface area contributed by atoms with Gasteiger partial charge in [-0.15, -0.1) is 11.8 Å². The molecule has 1 N–H and O–H groups in total. The Balaban J connectivity index is 3.03. The first-order valence-corrected chi connectivity index (χ1v) is 5.32. The number of pyridine rings is 1. The van der Waals surface area contributed by atoms with Crippen molar-refractivity contribution in [3.8, 4) is 5.75 Å². The molecule has 0 fully saturated rings. The van der Waals surface area contributed by atoms with E-state index in [9.17, 15) is 9.90 Å². The first-order chi connectivity index (χ1) is 6.70. The van der Waals surface area contributed by atoms with Gasteiger partial charge in [-0.05, 0) is 19.2 Å². The van der Waals surface area contributed by atoms with E-state index >= 15 is 0 Å². The molecule has 1 heterocycles. The number of aromatic nitrogens is 1. The molecule has 0 unspecified atom stereocenters. The monoisotopic (exact) mass is 213 g/mol. The van der Waals surface area contributed by atoms with E-state index in [0.717, 1.165) is 0 Å². The highest BCUT2D eigenvalue weighted by Crippen LogP contribution is 2.28. The standard InChI is InChI=1S/C9H11NO3S/c1-3-13-9(12)7-8(11)6(14-2)4-5-10-7/h4-5,11H,3H2,1-2H3. The van der Waals surface area contributed by atoms with Gasteiger partial charge >= 0.3 is 5.97 Å². The number of thioether (sulfide) groups is 1. The van der Waals surface area contributed by atoms with E-state index in [1.165, 1.54) is 18.0 Å². The van der Waals surface area contributed by atoms with Gasteiger partial charge in [-0.3, -0.25) is 0 Å². The predicted molar refractivity (Wildman–Crippen MR) is 53.6 cm³/mol. The van der Waals surface area contributed by atoms with Gasteiger partial charge in [0.15, 0.2) is 11.4 Å². The van der Waals surface area contributed by atoms with Crippen LogP contribution in [-0.4, -0.2) is 28.9 Å². The number of hydrogen-bond acceptors (Lipinski definition) is 5. The fourth-order valence-corrected chi connectivity index (χ4v) is 1.44. The fraction of sp³-hybridized carbons (Fsp3) is 0.333. The summed E-state index contributed by atoms with van der Waals surface area (Å²) in [6, 6.07) is 1.64. The van der Waals surface area contributed by atoms with E-state index in [4.69, 9.17) is 4.74 Å². The second-order valence-corrected chi connectivity index (χ2v) is 3.28. The molecule has 0 aliphatic heterocycles. The van der Waals surface area contributed by atoms with Crippen molar-refractivity contribution in [2.24, 2.45) is 0 Å². The first kappa shape index (κ1) is 10.8. The number of hydrogen-bond donors (Lipinski definition) is 1. The van der Waals surface area contributed by atoms with Crippen LogP contribution in [-0.2, 0) is 4.74 Å². The van der Waals surface area contributed by atoms with Crippen LogP contribution >= 0.6 is 11.8 Å². The maximum absolute atomic E-state index is 11.3. The highest BCUT2D eigenvalue weighted by Gasteiger charge is 2.16. The molecule has 76 valence electrons. The van der Waals surface area contributed by atoms with Crippen molar-refractivity contribution in [1.29, 1.82) is 0 Å². The largest absolute Gasteiger partial charge is 0.504 e. The van der Waals surface area contributed by atoms with E-state index in [-0.39, 0.29) is 18.1 Å². The van der Waals surface area contributed by atoms with Gasteiger partial charge in [-0.2, -0.15) is 0 Å². The highest BCUT2D eigenvalue weighted by molar-refractivity contribution is 7.98. The third-order valence-corrected chi connectivity index (χ3v) is 2.35. The molecular formula is C9H11NO3S. The molecule has 0 aliphatic carbocycles. The molecule has 0 aliphatic rings. The normalized spacial score (nSPS) is 9.86. The summed E-state index contributed by atoms with van der Waals surface area (Å²) in [5, 5.41) is 9.60. The number of carbonyl (C=O) groups excluding carboxylic acids is 1. The maximum Gasteiger partial charge on any atom is 0.360 e. The van der Waals surface area contributed by atoms with Crippen LogP contribution in [0.2, 0.25) is 0 Å². The van der Waals surface area contributed by atoms with Crippen molar-refractivity contribution in [3.05, 3.63) is 18.0 Å². The lowest BCUT2D eigenvalue weighted by molar-refractivity contribution is 0.0515. The summed E-state index contributed by atoms with van der Waals surface area (Å²) < 4.78 is 4.74. The van der Waals surface area contributed by atoms with E-state index in [2.05, 4.69) is 4.98 Å². The lowest BCUT2D eigenvalue weighted by Crippen LogP contribution is -2.07. The molecule has 0 atom stereocenters. The average Bonchev–Trinajstić information content (AvgIpc) is 2.18. The minimum atomic E-state index is -0.596. The lowest BCUT2D eigenvalue weighted by atomic mass is 10.3.